The monoisotopic (exact) mass is 349 g/mol. The normalized spacial score (nSPS) is 25.4. The molecule has 3 aliphatic rings. The molecule has 1 N–H and O–H groups in total. The van der Waals surface area contributed by atoms with E-state index in [-0.39, 0.29) is 24.2 Å². The Hall–Kier alpha value is -1.63. The van der Waals surface area contributed by atoms with E-state index in [0.29, 0.717) is 6.54 Å². The number of nitrogens with one attached hydrogen (secondary N) is 1. The summed E-state index contributed by atoms with van der Waals surface area (Å²) >= 11 is 1.63. The van der Waals surface area contributed by atoms with E-state index in [4.69, 9.17) is 4.74 Å². The molecule has 1 saturated carbocycles. The Balaban J connectivity index is 1.37. The number of esters is 1. The number of anilines is 1. The van der Waals surface area contributed by atoms with Crippen LogP contribution in [0, 0.1) is 5.92 Å². The third-order valence-corrected chi connectivity index (χ3v) is 6.40. The van der Waals surface area contributed by atoms with Crippen LogP contribution in [0.15, 0.2) is 5.38 Å². The minimum Gasteiger partial charge on any atom is -0.458 e. The molecule has 1 aromatic heterocycles. The lowest BCUT2D eigenvalue weighted by Crippen LogP contribution is -2.42. The van der Waals surface area contributed by atoms with Crippen LogP contribution < -0.4 is 10.2 Å². The highest BCUT2D eigenvalue weighted by Crippen LogP contribution is 2.45. The third-order valence-electron chi connectivity index (χ3n) is 5.45. The molecular weight excluding hydrogens is 326 g/mol. The summed E-state index contributed by atoms with van der Waals surface area (Å²) in [5.41, 5.74) is 0.352. The number of carbonyl (C=O) groups is 2. The average molecular weight is 349 g/mol. The second-order valence-electron chi connectivity index (χ2n) is 7.04. The zero-order valence-electron chi connectivity index (χ0n) is 13.8. The van der Waals surface area contributed by atoms with E-state index in [1.165, 1.54) is 12.8 Å². The maximum Gasteiger partial charge on any atom is 0.307 e. The number of rotatable bonds is 4. The second kappa shape index (κ2) is 6.35. The summed E-state index contributed by atoms with van der Waals surface area (Å²) in [7, 11) is 0. The van der Waals surface area contributed by atoms with Crippen LogP contribution in [0.25, 0.3) is 0 Å². The van der Waals surface area contributed by atoms with Gasteiger partial charge in [0.2, 0.25) is 5.91 Å². The van der Waals surface area contributed by atoms with Crippen LogP contribution in [0.5, 0.6) is 0 Å². The molecule has 0 aromatic carbocycles. The van der Waals surface area contributed by atoms with Crippen molar-refractivity contribution in [2.45, 2.75) is 57.1 Å². The molecule has 1 atom stereocenters. The minimum atomic E-state index is -0.538. The highest BCUT2D eigenvalue weighted by molar-refractivity contribution is 7.13. The first-order valence-corrected chi connectivity index (χ1v) is 9.73. The van der Waals surface area contributed by atoms with Crippen molar-refractivity contribution in [3.05, 3.63) is 11.1 Å². The smallest absolute Gasteiger partial charge is 0.307 e. The molecule has 2 saturated heterocycles. The van der Waals surface area contributed by atoms with Crippen molar-refractivity contribution in [2.24, 2.45) is 5.92 Å². The highest BCUT2D eigenvalue weighted by Gasteiger charge is 2.53. The van der Waals surface area contributed by atoms with Crippen molar-refractivity contribution in [1.29, 1.82) is 0 Å². The zero-order valence-corrected chi connectivity index (χ0v) is 14.6. The Labute approximate surface area is 145 Å². The van der Waals surface area contributed by atoms with Gasteiger partial charge in [0.1, 0.15) is 5.60 Å². The third kappa shape index (κ3) is 2.90. The van der Waals surface area contributed by atoms with E-state index in [2.05, 4.69) is 15.2 Å². The molecule has 1 spiro atoms. The number of thiazole rings is 1. The first kappa shape index (κ1) is 15.9. The van der Waals surface area contributed by atoms with Gasteiger partial charge in [-0.3, -0.25) is 9.59 Å². The van der Waals surface area contributed by atoms with Crippen LogP contribution in [0.1, 0.15) is 50.6 Å². The van der Waals surface area contributed by atoms with Crippen LogP contribution in [-0.4, -0.2) is 35.6 Å². The number of nitrogens with zero attached hydrogens (tertiary/aromatic N) is 2. The molecule has 24 heavy (non-hydrogen) atoms. The molecule has 1 aliphatic carbocycles. The summed E-state index contributed by atoms with van der Waals surface area (Å²) in [6.45, 7) is 2.57. The predicted molar refractivity (Wildman–Crippen MR) is 90.8 cm³/mol. The molecule has 1 unspecified atom stereocenters. The summed E-state index contributed by atoms with van der Waals surface area (Å²) < 4.78 is 5.55. The number of aromatic nitrogens is 1. The standard InChI is InChI=1S/C17H23N3O3S/c21-14-9-13(17(23-14)5-1-2-6-17)15(22)18-10-12-11-24-16(19-12)20-7-3-4-8-20/h11,13H,1-10H2,(H,18,22). The van der Waals surface area contributed by atoms with Gasteiger partial charge in [-0.25, -0.2) is 4.98 Å². The number of ether oxygens (including phenoxy) is 1. The van der Waals surface area contributed by atoms with E-state index >= 15 is 0 Å². The van der Waals surface area contributed by atoms with Gasteiger partial charge in [-0.15, -0.1) is 11.3 Å². The van der Waals surface area contributed by atoms with Crippen molar-refractivity contribution in [3.63, 3.8) is 0 Å². The van der Waals surface area contributed by atoms with Gasteiger partial charge >= 0.3 is 5.97 Å². The number of carbonyl (C=O) groups excluding carboxylic acids is 2. The van der Waals surface area contributed by atoms with Gasteiger partial charge in [0, 0.05) is 18.5 Å². The fourth-order valence-corrected chi connectivity index (χ4v) is 5.06. The Morgan fingerprint density at radius 1 is 1.33 bits per heavy atom. The van der Waals surface area contributed by atoms with Crippen molar-refractivity contribution >= 4 is 28.3 Å². The molecule has 130 valence electrons. The molecule has 2 aliphatic heterocycles. The molecular formula is C17H23N3O3S. The summed E-state index contributed by atoms with van der Waals surface area (Å²) in [6, 6.07) is 0. The fourth-order valence-electron chi connectivity index (χ4n) is 4.18. The molecule has 3 heterocycles. The molecule has 1 aromatic rings. The van der Waals surface area contributed by atoms with Gasteiger partial charge < -0.3 is 15.0 Å². The maximum atomic E-state index is 12.6. The van der Waals surface area contributed by atoms with E-state index < -0.39 is 5.60 Å². The van der Waals surface area contributed by atoms with Crippen molar-refractivity contribution in [3.8, 4) is 0 Å². The average Bonchev–Trinajstić information content (AvgIpc) is 3.34. The van der Waals surface area contributed by atoms with Crippen LogP contribution in [0.4, 0.5) is 5.13 Å². The first-order valence-electron chi connectivity index (χ1n) is 8.85. The lowest BCUT2D eigenvalue weighted by Gasteiger charge is -2.27. The van der Waals surface area contributed by atoms with E-state index in [9.17, 15) is 9.59 Å². The van der Waals surface area contributed by atoms with Gasteiger partial charge in [0.25, 0.3) is 0 Å². The molecule has 6 nitrogen and oxygen atoms in total. The summed E-state index contributed by atoms with van der Waals surface area (Å²) in [4.78, 5) is 31.3. The van der Waals surface area contributed by atoms with Crippen molar-refractivity contribution in [1.82, 2.24) is 10.3 Å². The first-order chi connectivity index (χ1) is 11.7. The maximum absolute atomic E-state index is 12.6. The minimum absolute atomic E-state index is 0.0709. The second-order valence-corrected chi connectivity index (χ2v) is 7.87. The molecule has 0 bridgehead atoms. The number of hydrogen-bond donors (Lipinski definition) is 1. The van der Waals surface area contributed by atoms with Gasteiger partial charge in [0.15, 0.2) is 5.13 Å². The molecule has 0 radical (unpaired) electrons. The highest BCUT2D eigenvalue weighted by atomic mass is 32.1. The van der Waals surface area contributed by atoms with Crippen molar-refractivity contribution < 1.29 is 14.3 Å². The Bertz CT molecular complexity index is 633. The zero-order chi connectivity index (χ0) is 16.6. The topological polar surface area (TPSA) is 71.5 Å². The summed E-state index contributed by atoms with van der Waals surface area (Å²) in [5.74, 6) is -0.648. The van der Waals surface area contributed by atoms with E-state index in [0.717, 1.165) is 49.6 Å². The van der Waals surface area contributed by atoms with Gasteiger partial charge in [-0.2, -0.15) is 0 Å². The van der Waals surface area contributed by atoms with Crippen molar-refractivity contribution in [2.75, 3.05) is 18.0 Å². The fraction of sp³-hybridized carbons (Fsp3) is 0.706. The van der Waals surface area contributed by atoms with E-state index in [1.807, 2.05) is 5.38 Å². The van der Waals surface area contributed by atoms with Crippen LogP contribution in [0.3, 0.4) is 0 Å². The Morgan fingerprint density at radius 2 is 2.08 bits per heavy atom. The summed E-state index contributed by atoms with van der Waals surface area (Å²) in [6.07, 6.45) is 6.35. The Kier molecular flexibility index (Phi) is 4.20. The lowest BCUT2D eigenvalue weighted by molar-refractivity contribution is -0.149. The van der Waals surface area contributed by atoms with Gasteiger partial charge in [0.05, 0.1) is 24.6 Å². The number of hydrogen-bond acceptors (Lipinski definition) is 6. The van der Waals surface area contributed by atoms with Crippen LogP contribution in [0.2, 0.25) is 0 Å². The quantitative estimate of drug-likeness (QED) is 0.844. The predicted octanol–water partition coefficient (Wildman–Crippen LogP) is 2.24. The van der Waals surface area contributed by atoms with Gasteiger partial charge in [-0.05, 0) is 38.5 Å². The molecule has 1 amide bonds. The molecule has 4 rings (SSSR count). The number of amides is 1. The molecule has 7 heteroatoms. The van der Waals surface area contributed by atoms with Gasteiger partial charge in [-0.1, -0.05) is 0 Å². The molecule has 3 fully saturated rings. The van der Waals surface area contributed by atoms with E-state index in [1.54, 1.807) is 11.3 Å². The largest absolute Gasteiger partial charge is 0.458 e. The van der Waals surface area contributed by atoms with Crippen LogP contribution >= 0.6 is 11.3 Å². The summed E-state index contributed by atoms with van der Waals surface area (Å²) in [5, 5.41) is 6.03. The lowest BCUT2D eigenvalue weighted by atomic mass is 9.85. The van der Waals surface area contributed by atoms with Crippen LogP contribution in [-0.2, 0) is 20.9 Å². The SMILES string of the molecule is O=C1CC(C(=O)NCc2csc(N3CCCC3)n2)C2(CCCC2)O1. The Morgan fingerprint density at radius 3 is 2.83 bits per heavy atom.